The Kier molecular flexibility index (Phi) is 4.13. The number of hydrogen-bond acceptors (Lipinski definition) is 5. The van der Waals surface area contributed by atoms with Crippen molar-refractivity contribution in [1.82, 2.24) is 15.7 Å². The van der Waals surface area contributed by atoms with E-state index < -0.39 is 12.8 Å². The second-order valence-electron chi connectivity index (χ2n) is 3.59. The lowest BCUT2D eigenvalue weighted by atomic mass is 10.2. The first-order valence-corrected chi connectivity index (χ1v) is 5.34. The Morgan fingerprint density at radius 3 is 2.58 bits per heavy atom. The van der Waals surface area contributed by atoms with Gasteiger partial charge >= 0.3 is 6.18 Å². The molecule has 8 heteroatoms. The summed E-state index contributed by atoms with van der Waals surface area (Å²) in [7, 11) is 0. The zero-order valence-electron chi connectivity index (χ0n) is 9.65. The summed E-state index contributed by atoms with van der Waals surface area (Å²) in [6.45, 7) is -1.48. The molecule has 1 N–H and O–H groups in total. The van der Waals surface area contributed by atoms with Crippen LogP contribution in [0.2, 0.25) is 0 Å². The maximum atomic E-state index is 11.8. The number of aromatic nitrogens is 2. The molecular weight excluding hydrogens is 263 g/mol. The fourth-order valence-electron chi connectivity index (χ4n) is 1.27. The Bertz CT molecular complexity index is 513. The number of nitrogens with zero attached hydrogens (tertiary/aromatic N) is 2. The first-order chi connectivity index (χ1) is 9.04. The van der Waals surface area contributed by atoms with Gasteiger partial charge in [-0.2, -0.15) is 18.7 Å². The molecule has 2 aromatic rings. The number of rotatable bonds is 5. The van der Waals surface area contributed by atoms with E-state index in [1.165, 1.54) is 0 Å². The van der Waals surface area contributed by atoms with Gasteiger partial charge in [-0.1, -0.05) is 18.2 Å². The van der Waals surface area contributed by atoms with Crippen molar-refractivity contribution in [3.05, 3.63) is 36.2 Å². The molecule has 0 bridgehead atoms. The van der Waals surface area contributed by atoms with Crippen LogP contribution in [0.25, 0.3) is 11.5 Å². The Labute approximate surface area is 106 Å². The number of hydrogen-bond donors (Lipinski definition) is 1. The first kappa shape index (κ1) is 13.5. The molecule has 102 valence electrons. The van der Waals surface area contributed by atoms with Crippen molar-refractivity contribution in [3.63, 3.8) is 0 Å². The summed E-state index contributed by atoms with van der Waals surface area (Å²) >= 11 is 0. The Morgan fingerprint density at radius 2 is 1.89 bits per heavy atom. The minimum absolute atomic E-state index is 0.101. The van der Waals surface area contributed by atoms with Gasteiger partial charge in [-0.3, -0.25) is 4.84 Å². The van der Waals surface area contributed by atoms with Crippen molar-refractivity contribution in [2.75, 3.05) is 6.61 Å². The first-order valence-electron chi connectivity index (χ1n) is 5.34. The predicted molar refractivity (Wildman–Crippen MR) is 58.6 cm³/mol. The van der Waals surface area contributed by atoms with Crippen LogP contribution in [0, 0.1) is 0 Å². The van der Waals surface area contributed by atoms with Crippen molar-refractivity contribution in [3.8, 4) is 11.5 Å². The normalized spacial score (nSPS) is 11.7. The van der Waals surface area contributed by atoms with Gasteiger partial charge in [0.15, 0.2) is 6.61 Å². The molecule has 0 spiro atoms. The van der Waals surface area contributed by atoms with Gasteiger partial charge < -0.3 is 4.42 Å². The molecule has 19 heavy (non-hydrogen) atoms. The summed E-state index contributed by atoms with van der Waals surface area (Å²) in [4.78, 5) is 4.21. The second kappa shape index (κ2) is 5.81. The van der Waals surface area contributed by atoms with E-state index in [0.29, 0.717) is 5.89 Å². The van der Waals surface area contributed by atoms with Crippen molar-refractivity contribution >= 4 is 0 Å². The average Bonchev–Trinajstić information content (AvgIpc) is 2.83. The zero-order chi connectivity index (χ0) is 13.7. The third-order valence-corrected chi connectivity index (χ3v) is 2.05. The van der Waals surface area contributed by atoms with Crippen LogP contribution in [-0.2, 0) is 11.4 Å². The van der Waals surface area contributed by atoms with Gasteiger partial charge in [-0.25, -0.2) is 0 Å². The van der Waals surface area contributed by atoms with Gasteiger partial charge in [0.1, 0.15) is 0 Å². The zero-order valence-corrected chi connectivity index (χ0v) is 9.65. The van der Waals surface area contributed by atoms with Gasteiger partial charge in [-0.15, -0.1) is 10.2 Å². The molecule has 0 saturated heterocycles. The molecule has 0 aliphatic carbocycles. The third-order valence-electron chi connectivity index (χ3n) is 2.05. The van der Waals surface area contributed by atoms with Gasteiger partial charge in [0.25, 0.3) is 0 Å². The van der Waals surface area contributed by atoms with E-state index >= 15 is 0 Å². The van der Waals surface area contributed by atoms with E-state index in [-0.39, 0.29) is 12.4 Å². The molecule has 0 saturated carbocycles. The largest absolute Gasteiger partial charge is 0.419 e. The Balaban J connectivity index is 1.85. The fraction of sp³-hybridized carbons (Fsp3) is 0.273. The third kappa shape index (κ3) is 4.34. The molecule has 2 rings (SSSR count). The molecule has 1 aromatic carbocycles. The summed E-state index contributed by atoms with van der Waals surface area (Å²) < 4.78 is 40.6. The molecule has 1 heterocycles. The molecule has 0 atom stereocenters. The van der Waals surface area contributed by atoms with Crippen LogP contribution < -0.4 is 5.48 Å². The summed E-state index contributed by atoms with van der Waals surface area (Å²) in [6.07, 6.45) is -4.38. The lowest BCUT2D eigenvalue weighted by molar-refractivity contribution is -0.190. The molecule has 1 aromatic heterocycles. The number of benzene rings is 1. The highest BCUT2D eigenvalue weighted by Gasteiger charge is 2.27. The van der Waals surface area contributed by atoms with Crippen LogP contribution >= 0.6 is 0 Å². The second-order valence-corrected chi connectivity index (χ2v) is 3.59. The highest BCUT2D eigenvalue weighted by molar-refractivity contribution is 5.51. The number of hydroxylamine groups is 1. The van der Waals surface area contributed by atoms with Gasteiger partial charge in [0.05, 0.1) is 6.54 Å². The maximum Gasteiger partial charge on any atom is 0.413 e. The van der Waals surface area contributed by atoms with Gasteiger partial charge in [0.2, 0.25) is 11.8 Å². The van der Waals surface area contributed by atoms with Crippen LogP contribution in [0.1, 0.15) is 5.89 Å². The van der Waals surface area contributed by atoms with Crippen LogP contribution in [0.4, 0.5) is 13.2 Å². The topological polar surface area (TPSA) is 60.2 Å². The Hall–Kier alpha value is -1.93. The average molecular weight is 273 g/mol. The molecular formula is C11H10F3N3O2. The summed E-state index contributed by atoms with van der Waals surface area (Å²) in [5.41, 5.74) is 2.84. The lowest BCUT2D eigenvalue weighted by Gasteiger charge is -2.06. The quantitative estimate of drug-likeness (QED) is 0.669. The minimum Gasteiger partial charge on any atom is -0.419 e. The lowest BCUT2D eigenvalue weighted by Crippen LogP contribution is -2.24. The van der Waals surface area contributed by atoms with E-state index in [0.717, 1.165) is 5.56 Å². The van der Waals surface area contributed by atoms with E-state index in [1.807, 2.05) is 18.2 Å². The molecule has 0 aliphatic heterocycles. The molecule has 0 amide bonds. The molecule has 0 fully saturated rings. The molecule has 0 aliphatic rings. The molecule has 0 unspecified atom stereocenters. The number of alkyl halides is 3. The smallest absolute Gasteiger partial charge is 0.413 e. The summed E-state index contributed by atoms with van der Waals surface area (Å²) in [5, 5.41) is 7.47. The van der Waals surface area contributed by atoms with Crippen molar-refractivity contribution in [1.29, 1.82) is 0 Å². The van der Waals surface area contributed by atoms with Crippen molar-refractivity contribution < 1.29 is 22.4 Å². The minimum atomic E-state index is -4.38. The van der Waals surface area contributed by atoms with Crippen LogP contribution in [-0.4, -0.2) is 23.0 Å². The van der Waals surface area contributed by atoms with Crippen molar-refractivity contribution in [2.24, 2.45) is 0 Å². The maximum absolute atomic E-state index is 11.8. The summed E-state index contributed by atoms with van der Waals surface area (Å²) in [5.74, 6) is 0.439. The Morgan fingerprint density at radius 1 is 1.16 bits per heavy atom. The predicted octanol–water partition coefficient (Wildman–Crippen LogP) is 2.32. The SMILES string of the molecule is FC(F)(F)CONCc1nnc(-c2ccccc2)o1. The van der Waals surface area contributed by atoms with E-state index in [9.17, 15) is 13.2 Å². The summed E-state index contributed by atoms with van der Waals surface area (Å²) in [6, 6.07) is 9.02. The van der Waals surface area contributed by atoms with Gasteiger partial charge in [-0.05, 0) is 12.1 Å². The van der Waals surface area contributed by atoms with E-state index in [4.69, 9.17) is 4.42 Å². The number of halogens is 3. The standard InChI is InChI=1S/C11H10F3N3O2/c12-11(13,14)7-18-15-6-9-16-17-10(19-9)8-4-2-1-3-5-8/h1-5,15H,6-7H2. The monoisotopic (exact) mass is 273 g/mol. The van der Waals surface area contributed by atoms with E-state index in [1.54, 1.807) is 12.1 Å². The van der Waals surface area contributed by atoms with Crippen molar-refractivity contribution in [2.45, 2.75) is 12.7 Å². The highest BCUT2D eigenvalue weighted by atomic mass is 19.4. The molecule has 5 nitrogen and oxygen atoms in total. The van der Waals surface area contributed by atoms with Crippen LogP contribution in [0.3, 0.4) is 0 Å². The van der Waals surface area contributed by atoms with Crippen LogP contribution in [0.15, 0.2) is 34.7 Å². The van der Waals surface area contributed by atoms with Gasteiger partial charge in [0, 0.05) is 5.56 Å². The van der Waals surface area contributed by atoms with E-state index in [2.05, 4.69) is 20.5 Å². The fourth-order valence-corrected chi connectivity index (χ4v) is 1.27. The molecule has 0 radical (unpaired) electrons. The van der Waals surface area contributed by atoms with Crippen LogP contribution in [0.5, 0.6) is 0 Å². The highest BCUT2D eigenvalue weighted by Crippen LogP contribution is 2.17. The number of nitrogens with one attached hydrogen (secondary N) is 1.